The van der Waals surface area contributed by atoms with Gasteiger partial charge >= 0.3 is 0 Å². The smallest absolute Gasteiger partial charge is 0.227 e. The highest BCUT2D eigenvalue weighted by Gasteiger charge is 2.02. The Bertz CT molecular complexity index is 353. The minimum atomic E-state index is -0.245. The van der Waals surface area contributed by atoms with Crippen molar-refractivity contribution in [3.63, 3.8) is 0 Å². The maximum absolute atomic E-state index is 11.3. The minimum absolute atomic E-state index is 0.125. The summed E-state index contributed by atoms with van der Waals surface area (Å²) in [5.74, 6) is 0.605. The van der Waals surface area contributed by atoms with Crippen LogP contribution in [0.5, 0.6) is 5.75 Å². The fraction of sp³-hybridized carbons (Fsp3) is 0.300. The van der Waals surface area contributed by atoms with E-state index in [1.54, 1.807) is 0 Å². The molecule has 4 heteroatoms. The topological polar surface area (TPSA) is 48.7 Å². The zero-order chi connectivity index (χ0) is 10.4. The molecule has 0 aliphatic carbocycles. The Hall–Kier alpha value is -1.55. The van der Waals surface area contributed by atoms with Gasteiger partial charge in [0.25, 0.3) is 0 Å². The molecule has 0 N–H and O–H groups in total. The van der Waals surface area contributed by atoms with Gasteiger partial charge in [0.1, 0.15) is 18.6 Å². The molecule has 76 valence electrons. The second-order valence-corrected chi connectivity index (χ2v) is 2.50. The maximum atomic E-state index is 11.3. The Morgan fingerprint density at radius 1 is 1.64 bits per heavy atom. The first-order valence-corrected chi connectivity index (χ1v) is 4.25. The van der Waals surface area contributed by atoms with Crippen LogP contribution >= 0.6 is 0 Å². The molecule has 0 radical (unpaired) electrons. The van der Waals surface area contributed by atoms with E-state index in [0.717, 1.165) is 0 Å². The van der Waals surface area contributed by atoms with Crippen molar-refractivity contribution >= 4 is 0 Å². The van der Waals surface area contributed by atoms with Crippen LogP contribution < -0.4 is 10.2 Å². The molecule has 0 saturated heterocycles. The van der Waals surface area contributed by atoms with E-state index in [-0.39, 0.29) is 11.2 Å². The summed E-state index contributed by atoms with van der Waals surface area (Å²) in [6.07, 6.45) is 2.42. The molecule has 1 aromatic heterocycles. The molecule has 0 atom stereocenters. The molecule has 0 aliphatic rings. The summed E-state index contributed by atoms with van der Waals surface area (Å²) in [4.78, 5) is 11.3. The van der Waals surface area contributed by atoms with Crippen molar-refractivity contribution in [3.8, 4) is 5.75 Å². The van der Waals surface area contributed by atoms with Crippen LogP contribution in [0.1, 0.15) is 12.7 Å². The quantitative estimate of drug-likeness (QED) is 0.672. The van der Waals surface area contributed by atoms with Crippen LogP contribution in [-0.4, -0.2) is 6.61 Å². The predicted molar refractivity (Wildman–Crippen MR) is 51.1 cm³/mol. The van der Waals surface area contributed by atoms with Crippen molar-refractivity contribution in [1.82, 2.24) is 0 Å². The Morgan fingerprint density at radius 2 is 2.43 bits per heavy atom. The standard InChI is InChI=1S/C10H12O4/c1-3-12-6-8-5-9(11)10(7-14-8)13-4-2/h4-5,7H,2-3,6H2,1H3. The number of hydrogen-bond donors (Lipinski definition) is 0. The van der Waals surface area contributed by atoms with E-state index in [0.29, 0.717) is 19.0 Å². The lowest BCUT2D eigenvalue weighted by atomic mass is 10.4. The van der Waals surface area contributed by atoms with Gasteiger partial charge in [0.05, 0.1) is 6.26 Å². The SMILES string of the molecule is C=COc1coc(COCC)cc1=O. The van der Waals surface area contributed by atoms with Gasteiger partial charge < -0.3 is 13.9 Å². The van der Waals surface area contributed by atoms with E-state index in [9.17, 15) is 4.79 Å². The Labute approximate surface area is 81.8 Å². The average Bonchev–Trinajstić information content (AvgIpc) is 2.19. The number of ether oxygens (including phenoxy) is 2. The Balaban J connectivity index is 2.78. The van der Waals surface area contributed by atoms with Crippen LogP contribution in [-0.2, 0) is 11.3 Å². The third kappa shape index (κ3) is 2.74. The lowest BCUT2D eigenvalue weighted by Crippen LogP contribution is -2.05. The molecule has 0 aliphatic heterocycles. The van der Waals surface area contributed by atoms with Gasteiger partial charge in [-0.05, 0) is 6.92 Å². The first-order valence-electron chi connectivity index (χ1n) is 4.25. The van der Waals surface area contributed by atoms with E-state index in [1.807, 2.05) is 6.92 Å². The molecule has 1 heterocycles. The van der Waals surface area contributed by atoms with E-state index >= 15 is 0 Å². The molecule has 0 aromatic carbocycles. The molecule has 0 bridgehead atoms. The van der Waals surface area contributed by atoms with Gasteiger partial charge in [0.15, 0.2) is 0 Å². The van der Waals surface area contributed by atoms with Gasteiger partial charge in [-0.15, -0.1) is 0 Å². The number of rotatable bonds is 5. The predicted octanol–water partition coefficient (Wildman–Crippen LogP) is 1.70. The summed E-state index contributed by atoms with van der Waals surface area (Å²) in [6, 6.07) is 1.34. The molecule has 0 fully saturated rings. The highest BCUT2D eigenvalue weighted by molar-refractivity contribution is 5.18. The minimum Gasteiger partial charge on any atom is -0.463 e. The monoisotopic (exact) mass is 196 g/mol. The van der Waals surface area contributed by atoms with Crippen LogP contribution in [0, 0.1) is 0 Å². The summed E-state index contributed by atoms with van der Waals surface area (Å²) >= 11 is 0. The zero-order valence-electron chi connectivity index (χ0n) is 7.99. The molecular weight excluding hydrogens is 184 g/mol. The van der Waals surface area contributed by atoms with Crippen LogP contribution in [0.3, 0.4) is 0 Å². The highest BCUT2D eigenvalue weighted by Crippen LogP contribution is 2.06. The maximum Gasteiger partial charge on any atom is 0.227 e. The first kappa shape index (κ1) is 10.5. The highest BCUT2D eigenvalue weighted by atomic mass is 16.5. The summed E-state index contributed by atoms with van der Waals surface area (Å²) in [6.45, 7) is 6.08. The molecular formula is C10H12O4. The first-order chi connectivity index (χ1) is 6.77. The van der Waals surface area contributed by atoms with Crippen LogP contribution in [0.2, 0.25) is 0 Å². The second-order valence-electron chi connectivity index (χ2n) is 2.50. The van der Waals surface area contributed by atoms with E-state index in [4.69, 9.17) is 13.9 Å². The lowest BCUT2D eigenvalue weighted by molar-refractivity contribution is 0.116. The molecule has 1 aromatic rings. The third-order valence-corrected chi connectivity index (χ3v) is 1.51. The molecule has 0 spiro atoms. The third-order valence-electron chi connectivity index (χ3n) is 1.51. The van der Waals surface area contributed by atoms with Gasteiger partial charge in [-0.3, -0.25) is 4.79 Å². The van der Waals surface area contributed by atoms with Crippen LogP contribution in [0.4, 0.5) is 0 Å². The molecule has 1 rings (SSSR count). The van der Waals surface area contributed by atoms with Crippen molar-refractivity contribution < 1.29 is 13.9 Å². The van der Waals surface area contributed by atoms with Crippen molar-refractivity contribution in [2.75, 3.05) is 6.61 Å². The fourth-order valence-corrected chi connectivity index (χ4v) is 0.893. The Kier molecular flexibility index (Phi) is 3.94. The van der Waals surface area contributed by atoms with Gasteiger partial charge in [-0.1, -0.05) is 6.58 Å². The van der Waals surface area contributed by atoms with Gasteiger partial charge in [-0.25, -0.2) is 0 Å². The lowest BCUT2D eigenvalue weighted by Gasteiger charge is -2.01. The summed E-state index contributed by atoms with van der Waals surface area (Å²) in [7, 11) is 0. The zero-order valence-corrected chi connectivity index (χ0v) is 7.99. The second kappa shape index (κ2) is 5.24. The normalized spacial score (nSPS) is 9.79. The van der Waals surface area contributed by atoms with Crippen LogP contribution in [0.15, 0.2) is 34.4 Å². The van der Waals surface area contributed by atoms with Gasteiger partial charge in [-0.2, -0.15) is 0 Å². The van der Waals surface area contributed by atoms with Gasteiger partial charge in [0, 0.05) is 12.7 Å². The van der Waals surface area contributed by atoms with Crippen molar-refractivity contribution in [2.24, 2.45) is 0 Å². The van der Waals surface area contributed by atoms with E-state index in [1.165, 1.54) is 18.6 Å². The summed E-state index contributed by atoms with van der Waals surface area (Å²) in [5.41, 5.74) is -0.245. The molecule has 0 unspecified atom stereocenters. The van der Waals surface area contributed by atoms with Crippen molar-refractivity contribution in [1.29, 1.82) is 0 Å². The van der Waals surface area contributed by atoms with E-state index < -0.39 is 0 Å². The molecule has 0 amide bonds. The fourth-order valence-electron chi connectivity index (χ4n) is 0.893. The molecule has 0 saturated carbocycles. The van der Waals surface area contributed by atoms with Crippen LogP contribution in [0.25, 0.3) is 0 Å². The number of hydrogen-bond acceptors (Lipinski definition) is 4. The van der Waals surface area contributed by atoms with Gasteiger partial charge in [0.2, 0.25) is 11.2 Å². The largest absolute Gasteiger partial charge is 0.463 e. The summed E-state index contributed by atoms with van der Waals surface area (Å²) < 4.78 is 15.0. The average molecular weight is 196 g/mol. The Morgan fingerprint density at radius 3 is 3.00 bits per heavy atom. The van der Waals surface area contributed by atoms with Crippen molar-refractivity contribution in [2.45, 2.75) is 13.5 Å². The molecule has 4 nitrogen and oxygen atoms in total. The van der Waals surface area contributed by atoms with E-state index in [2.05, 4.69) is 6.58 Å². The molecule has 14 heavy (non-hydrogen) atoms. The van der Waals surface area contributed by atoms with Crippen molar-refractivity contribution in [3.05, 3.63) is 41.2 Å². The summed E-state index contributed by atoms with van der Waals surface area (Å²) in [5, 5.41) is 0.